The Balaban J connectivity index is 1.69. The molecule has 1 fully saturated rings. The normalized spacial score (nSPS) is 14.1. The summed E-state index contributed by atoms with van der Waals surface area (Å²) >= 11 is 0. The second-order valence-electron chi connectivity index (χ2n) is 4.63. The Morgan fingerprint density at radius 3 is 2.67 bits per heavy atom. The van der Waals surface area contributed by atoms with Crippen molar-refractivity contribution < 1.29 is 9.59 Å². The molecule has 8 nitrogen and oxygen atoms in total. The van der Waals surface area contributed by atoms with Gasteiger partial charge < -0.3 is 10.6 Å². The van der Waals surface area contributed by atoms with Crippen LogP contribution in [0.25, 0.3) is 0 Å². The monoisotopic (exact) mass is 286 g/mol. The second-order valence-corrected chi connectivity index (χ2v) is 4.63. The van der Waals surface area contributed by atoms with Gasteiger partial charge in [-0.3, -0.25) is 14.8 Å². The van der Waals surface area contributed by atoms with Crippen LogP contribution >= 0.6 is 0 Å². The highest BCUT2D eigenvalue weighted by Gasteiger charge is 2.20. The number of hydrogen-bond donors (Lipinski definition) is 3. The number of nitrogens with one attached hydrogen (secondary N) is 3. The van der Waals surface area contributed by atoms with E-state index in [4.69, 9.17) is 0 Å². The molecule has 0 spiro atoms. The third kappa shape index (κ3) is 2.69. The molecule has 2 aromatic rings. The standard InChI is InChI=1S/C13H14N6O2/c1-8-15-11(18-17-8)12(20)16-9-2-4-10(5-3-9)19-7-6-14-13(19)21/h2-5H,6-7H2,1H3,(H,14,21)(H,16,20)(H,15,17,18). The van der Waals surface area contributed by atoms with Gasteiger partial charge in [-0.05, 0) is 31.2 Å². The number of rotatable bonds is 3. The fourth-order valence-electron chi connectivity index (χ4n) is 2.07. The molecule has 1 saturated heterocycles. The van der Waals surface area contributed by atoms with E-state index in [1.165, 1.54) is 0 Å². The van der Waals surface area contributed by atoms with Gasteiger partial charge in [0.25, 0.3) is 5.91 Å². The molecule has 0 bridgehead atoms. The van der Waals surface area contributed by atoms with E-state index in [0.717, 1.165) is 5.69 Å². The highest BCUT2D eigenvalue weighted by atomic mass is 16.2. The number of aromatic amines is 1. The maximum Gasteiger partial charge on any atom is 0.321 e. The number of urea groups is 1. The van der Waals surface area contributed by atoms with Crippen molar-refractivity contribution in [3.8, 4) is 0 Å². The Labute approximate surface area is 120 Å². The van der Waals surface area contributed by atoms with E-state index in [1.807, 2.05) is 0 Å². The van der Waals surface area contributed by atoms with Crippen molar-refractivity contribution in [3.05, 3.63) is 35.9 Å². The summed E-state index contributed by atoms with van der Waals surface area (Å²) in [6.07, 6.45) is 0. The van der Waals surface area contributed by atoms with Crippen molar-refractivity contribution in [2.24, 2.45) is 0 Å². The summed E-state index contributed by atoms with van der Waals surface area (Å²) in [5, 5.41) is 11.8. The number of benzene rings is 1. The van der Waals surface area contributed by atoms with Gasteiger partial charge in [-0.15, -0.1) is 5.10 Å². The smallest absolute Gasteiger partial charge is 0.321 e. The van der Waals surface area contributed by atoms with E-state index in [-0.39, 0.29) is 17.8 Å². The average molecular weight is 286 g/mol. The molecule has 8 heteroatoms. The van der Waals surface area contributed by atoms with Crippen LogP contribution in [0.3, 0.4) is 0 Å². The largest absolute Gasteiger partial charge is 0.336 e. The van der Waals surface area contributed by atoms with Crippen molar-refractivity contribution in [2.45, 2.75) is 6.92 Å². The van der Waals surface area contributed by atoms with Gasteiger partial charge in [-0.1, -0.05) is 0 Å². The quantitative estimate of drug-likeness (QED) is 0.779. The number of hydrogen-bond acceptors (Lipinski definition) is 4. The molecule has 108 valence electrons. The minimum absolute atomic E-state index is 0.0931. The zero-order chi connectivity index (χ0) is 14.8. The molecule has 21 heavy (non-hydrogen) atoms. The molecule has 0 aliphatic carbocycles. The van der Waals surface area contributed by atoms with Crippen molar-refractivity contribution in [3.63, 3.8) is 0 Å². The van der Waals surface area contributed by atoms with Gasteiger partial charge in [0.2, 0.25) is 5.82 Å². The highest BCUT2D eigenvalue weighted by Crippen LogP contribution is 2.19. The van der Waals surface area contributed by atoms with Crippen LogP contribution in [0.1, 0.15) is 16.4 Å². The molecule has 3 rings (SSSR count). The maximum atomic E-state index is 11.9. The Morgan fingerprint density at radius 1 is 1.33 bits per heavy atom. The highest BCUT2D eigenvalue weighted by molar-refractivity contribution is 6.01. The topological polar surface area (TPSA) is 103 Å². The number of amides is 3. The van der Waals surface area contributed by atoms with Crippen LogP contribution < -0.4 is 15.5 Å². The number of anilines is 2. The third-order valence-electron chi connectivity index (χ3n) is 3.09. The molecule has 1 aromatic carbocycles. The molecule has 0 unspecified atom stereocenters. The second kappa shape index (κ2) is 5.23. The predicted molar refractivity (Wildman–Crippen MR) is 76.3 cm³/mol. The average Bonchev–Trinajstić information content (AvgIpc) is 3.08. The molecule has 3 N–H and O–H groups in total. The Hall–Kier alpha value is -2.90. The number of carbonyl (C=O) groups excluding carboxylic acids is 2. The Bertz CT molecular complexity index is 678. The lowest BCUT2D eigenvalue weighted by atomic mass is 10.2. The molecular weight excluding hydrogens is 272 g/mol. The molecule has 0 atom stereocenters. The van der Waals surface area contributed by atoms with Crippen molar-refractivity contribution in [1.82, 2.24) is 20.5 Å². The SMILES string of the molecule is Cc1nc(C(=O)Nc2ccc(N3CCNC3=O)cc2)n[nH]1. The van der Waals surface area contributed by atoms with Crippen LogP contribution in [0, 0.1) is 6.92 Å². The van der Waals surface area contributed by atoms with Gasteiger partial charge in [0.05, 0.1) is 0 Å². The predicted octanol–water partition coefficient (Wildman–Crippen LogP) is 0.895. The van der Waals surface area contributed by atoms with Crippen LogP contribution in [-0.4, -0.2) is 40.2 Å². The lowest BCUT2D eigenvalue weighted by molar-refractivity contribution is 0.101. The van der Waals surface area contributed by atoms with E-state index < -0.39 is 0 Å². The summed E-state index contributed by atoms with van der Waals surface area (Å²) < 4.78 is 0. The lowest BCUT2D eigenvalue weighted by Gasteiger charge is -2.14. The summed E-state index contributed by atoms with van der Waals surface area (Å²) in [6.45, 7) is 3.00. The maximum absolute atomic E-state index is 11.9. The van der Waals surface area contributed by atoms with E-state index in [1.54, 1.807) is 36.1 Å². The van der Waals surface area contributed by atoms with E-state index >= 15 is 0 Å². The number of aromatic nitrogens is 3. The fraction of sp³-hybridized carbons (Fsp3) is 0.231. The van der Waals surface area contributed by atoms with Crippen LogP contribution in [-0.2, 0) is 0 Å². The number of carbonyl (C=O) groups is 2. The molecule has 0 saturated carbocycles. The lowest BCUT2D eigenvalue weighted by Crippen LogP contribution is -2.27. The zero-order valence-electron chi connectivity index (χ0n) is 11.4. The molecule has 1 aliphatic rings. The molecule has 3 amide bonds. The summed E-state index contributed by atoms with van der Waals surface area (Å²) in [7, 11) is 0. The van der Waals surface area contributed by atoms with Crippen LogP contribution in [0.5, 0.6) is 0 Å². The number of aryl methyl sites for hydroxylation is 1. The third-order valence-corrected chi connectivity index (χ3v) is 3.09. The Morgan fingerprint density at radius 2 is 2.10 bits per heavy atom. The van der Waals surface area contributed by atoms with Gasteiger partial charge in [-0.25, -0.2) is 9.78 Å². The van der Waals surface area contributed by atoms with Gasteiger partial charge in [0.1, 0.15) is 5.82 Å². The molecule has 0 radical (unpaired) electrons. The molecule has 2 heterocycles. The van der Waals surface area contributed by atoms with Crippen LogP contribution in [0.4, 0.5) is 16.2 Å². The van der Waals surface area contributed by atoms with Gasteiger partial charge in [0, 0.05) is 24.5 Å². The summed E-state index contributed by atoms with van der Waals surface area (Å²) in [5.41, 5.74) is 1.41. The van der Waals surface area contributed by atoms with Crippen molar-refractivity contribution >= 4 is 23.3 Å². The summed E-state index contributed by atoms with van der Waals surface area (Å²) in [6, 6.07) is 6.92. The van der Waals surface area contributed by atoms with Gasteiger partial charge in [-0.2, -0.15) is 0 Å². The minimum Gasteiger partial charge on any atom is -0.336 e. The first-order chi connectivity index (χ1) is 10.1. The van der Waals surface area contributed by atoms with E-state index in [0.29, 0.717) is 24.6 Å². The summed E-state index contributed by atoms with van der Waals surface area (Å²) in [5.74, 6) is 0.289. The first-order valence-corrected chi connectivity index (χ1v) is 6.49. The molecule has 1 aromatic heterocycles. The van der Waals surface area contributed by atoms with E-state index in [9.17, 15) is 9.59 Å². The Kier molecular flexibility index (Phi) is 3.27. The first kappa shape index (κ1) is 13.1. The van der Waals surface area contributed by atoms with E-state index in [2.05, 4.69) is 25.8 Å². The van der Waals surface area contributed by atoms with Gasteiger partial charge >= 0.3 is 6.03 Å². The number of nitrogens with zero attached hydrogens (tertiary/aromatic N) is 3. The van der Waals surface area contributed by atoms with Crippen LogP contribution in [0.15, 0.2) is 24.3 Å². The zero-order valence-corrected chi connectivity index (χ0v) is 11.4. The summed E-state index contributed by atoms with van der Waals surface area (Å²) in [4.78, 5) is 29.0. The molecular formula is C13H14N6O2. The van der Waals surface area contributed by atoms with Gasteiger partial charge in [0.15, 0.2) is 0 Å². The molecule has 1 aliphatic heterocycles. The fourth-order valence-corrected chi connectivity index (χ4v) is 2.07. The number of H-pyrrole nitrogens is 1. The minimum atomic E-state index is -0.383. The van der Waals surface area contributed by atoms with Crippen molar-refractivity contribution in [2.75, 3.05) is 23.3 Å². The first-order valence-electron chi connectivity index (χ1n) is 6.49. The van der Waals surface area contributed by atoms with Crippen LogP contribution in [0.2, 0.25) is 0 Å². The van der Waals surface area contributed by atoms with Crippen molar-refractivity contribution in [1.29, 1.82) is 0 Å².